The lowest BCUT2D eigenvalue weighted by molar-refractivity contribution is -0.115. The third-order valence-corrected chi connectivity index (χ3v) is 7.20. The number of rotatable bonds is 4. The van der Waals surface area contributed by atoms with Crippen molar-refractivity contribution in [2.24, 2.45) is 5.92 Å². The number of nitrogens with one attached hydrogen (secondary N) is 1. The Morgan fingerprint density at radius 1 is 1.12 bits per heavy atom. The maximum Gasteiger partial charge on any atom is 0.243 e. The van der Waals surface area contributed by atoms with Crippen molar-refractivity contribution in [1.29, 1.82) is 0 Å². The van der Waals surface area contributed by atoms with Gasteiger partial charge in [-0.3, -0.25) is 4.79 Å². The summed E-state index contributed by atoms with van der Waals surface area (Å²) in [5.74, 6) is 0.442. The quantitative estimate of drug-likeness (QED) is 0.905. The number of piperidine rings is 1. The van der Waals surface area contributed by atoms with Crippen molar-refractivity contribution in [1.82, 2.24) is 4.31 Å². The predicted molar refractivity (Wildman–Crippen MR) is 94.2 cm³/mol. The van der Waals surface area contributed by atoms with Crippen molar-refractivity contribution >= 4 is 21.6 Å². The van der Waals surface area contributed by atoms with E-state index in [9.17, 15) is 13.2 Å². The summed E-state index contributed by atoms with van der Waals surface area (Å²) in [5, 5.41) is 2.75. The largest absolute Gasteiger partial charge is 0.326 e. The van der Waals surface area contributed by atoms with Crippen LogP contribution in [0.2, 0.25) is 0 Å². The number of carbonyl (C=O) groups is 1. The normalized spacial score (nSPS) is 25.0. The Kier molecular flexibility index (Phi) is 5.25. The molecule has 1 aromatic rings. The highest BCUT2D eigenvalue weighted by Gasteiger charge is 2.39. The zero-order valence-corrected chi connectivity index (χ0v) is 15.0. The van der Waals surface area contributed by atoms with Gasteiger partial charge in [0.1, 0.15) is 0 Å². The lowest BCUT2D eigenvalue weighted by Crippen LogP contribution is -2.49. The second-order valence-corrected chi connectivity index (χ2v) is 8.69. The van der Waals surface area contributed by atoms with Gasteiger partial charge in [-0.2, -0.15) is 4.31 Å². The zero-order chi connectivity index (χ0) is 17.2. The summed E-state index contributed by atoms with van der Waals surface area (Å²) in [4.78, 5) is 11.8. The molecule has 1 N–H and O–H groups in total. The highest BCUT2D eigenvalue weighted by Crippen LogP contribution is 2.38. The first-order valence-corrected chi connectivity index (χ1v) is 10.4. The molecule has 24 heavy (non-hydrogen) atoms. The molecule has 2 atom stereocenters. The van der Waals surface area contributed by atoms with Gasteiger partial charge >= 0.3 is 0 Å². The van der Waals surface area contributed by atoms with E-state index in [0.717, 1.165) is 32.1 Å². The van der Waals surface area contributed by atoms with Crippen LogP contribution >= 0.6 is 0 Å². The van der Waals surface area contributed by atoms with Crippen LogP contribution in [0.5, 0.6) is 0 Å². The van der Waals surface area contributed by atoms with E-state index in [2.05, 4.69) is 5.32 Å². The van der Waals surface area contributed by atoms with Crippen LogP contribution in [0.4, 0.5) is 5.69 Å². The van der Waals surface area contributed by atoms with Gasteiger partial charge in [0.2, 0.25) is 15.9 Å². The Labute approximate surface area is 144 Å². The number of fused-ring (bicyclic) bond motifs is 1. The number of carbonyl (C=O) groups excluding carboxylic acids is 1. The molecule has 132 valence electrons. The number of anilines is 1. The SMILES string of the molecule is CCC(=O)Nc1ccc(S(=O)(=O)N2CCCC3CCCCC32)cc1. The fraction of sp³-hybridized carbons (Fsp3) is 0.611. The molecule has 1 heterocycles. The van der Waals surface area contributed by atoms with E-state index in [1.807, 2.05) is 0 Å². The molecule has 2 unspecified atom stereocenters. The van der Waals surface area contributed by atoms with Crippen molar-refractivity contribution in [3.05, 3.63) is 24.3 Å². The molecule has 5 nitrogen and oxygen atoms in total. The maximum absolute atomic E-state index is 13.1. The molecule has 0 aromatic heterocycles. The van der Waals surface area contributed by atoms with E-state index >= 15 is 0 Å². The third-order valence-electron chi connectivity index (χ3n) is 5.26. The van der Waals surface area contributed by atoms with E-state index in [0.29, 0.717) is 29.5 Å². The molecule has 1 aliphatic carbocycles. The molecule has 2 fully saturated rings. The monoisotopic (exact) mass is 350 g/mol. The van der Waals surface area contributed by atoms with Gasteiger partial charge in [-0.05, 0) is 55.9 Å². The van der Waals surface area contributed by atoms with Gasteiger partial charge in [0.15, 0.2) is 0 Å². The van der Waals surface area contributed by atoms with Gasteiger partial charge in [0.25, 0.3) is 0 Å². The van der Waals surface area contributed by atoms with Gasteiger partial charge in [-0.1, -0.05) is 19.8 Å². The number of benzene rings is 1. The summed E-state index contributed by atoms with van der Waals surface area (Å²) < 4.78 is 27.9. The van der Waals surface area contributed by atoms with Crippen LogP contribution in [0, 0.1) is 5.92 Å². The molecule has 0 radical (unpaired) electrons. The molecule has 1 aliphatic heterocycles. The van der Waals surface area contributed by atoms with Crippen molar-refractivity contribution in [2.45, 2.75) is 62.8 Å². The summed E-state index contributed by atoms with van der Waals surface area (Å²) in [6.07, 6.45) is 6.98. The lowest BCUT2D eigenvalue weighted by Gasteiger charge is -2.43. The highest BCUT2D eigenvalue weighted by atomic mass is 32.2. The van der Waals surface area contributed by atoms with Crippen molar-refractivity contribution < 1.29 is 13.2 Å². The molecular weight excluding hydrogens is 324 g/mol. The fourth-order valence-corrected chi connectivity index (χ4v) is 5.73. The van der Waals surface area contributed by atoms with Crippen LogP contribution in [0.3, 0.4) is 0 Å². The first-order valence-electron chi connectivity index (χ1n) is 8.94. The van der Waals surface area contributed by atoms with E-state index in [1.165, 1.54) is 6.42 Å². The Balaban J connectivity index is 1.80. The minimum absolute atomic E-state index is 0.0771. The Bertz CT molecular complexity index is 683. The summed E-state index contributed by atoms with van der Waals surface area (Å²) in [7, 11) is -3.46. The molecule has 1 amide bonds. The average molecular weight is 350 g/mol. The van der Waals surface area contributed by atoms with Crippen LogP contribution in [0.15, 0.2) is 29.2 Å². The number of sulfonamides is 1. The van der Waals surface area contributed by atoms with E-state index in [1.54, 1.807) is 35.5 Å². The number of hydrogen-bond donors (Lipinski definition) is 1. The molecule has 0 bridgehead atoms. The van der Waals surface area contributed by atoms with Crippen LogP contribution in [0.1, 0.15) is 51.9 Å². The van der Waals surface area contributed by atoms with Crippen LogP contribution < -0.4 is 5.32 Å². The fourth-order valence-electron chi connectivity index (χ4n) is 3.97. The Morgan fingerprint density at radius 3 is 2.50 bits per heavy atom. The Morgan fingerprint density at radius 2 is 1.79 bits per heavy atom. The second kappa shape index (κ2) is 7.23. The predicted octanol–water partition coefficient (Wildman–Crippen LogP) is 3.38. The van der Waals surface area contributed by atoms with Crippen molar-refractivity contribution in [3.8, 4) is 0 Å². The minimum atomic E-state index is -3.46. The lowest BCUT2D eigenvalue weighted by atomic mass is 9.79. The molecule has 1 aromatic carbocycles. The summed E-state index contributed by atoms with van der Waals surface area (Å²) in [5.41, 5.74) is 0.634. The molecule has 0 spiro atoms. The summed E-state index contributed by atoms with van der Waals surface area (Å²) in [6, 6.07) is 6.71. The van der Waals surface area contributed by atoms with Gasteiger partial charge in [-0.15, -0.1) is 0 Å². The summed E-state index contributed by atoms with van der Waals surface area (Å²) in [6.45, 7) is 2.41. The van der Waals surface area contributed by atoms with Gasteiger partial charge in [0, 0.05) is 24.7 Å². The first-order chi connectivity index (χ1) is 11.5. The van der Waals surface area contributed by atoms with Crippen LogP contribution in [-0.4, -0.2) is 31.2 Å². The zero-order valence-electron chi connectivity index (χ0n) is 14.2. The molecule has 3 rings (SSSR count). The molecule has 1 saturated heterocycles. The second-order valence-electron chi connectivity index (χ2n) is 6.80. The molecule has 1 saturated carbocycles. The number of amides is 1. The first kappa shape index (κ1) is 17.4. The van der Waals surface area contributed by atoms with E-state index in [4.69, 9.17) is 0 Å². The Hall–Kier alpha value is -1.40. The standard InChI is InChI=1S/C18H26N2O3S/c1-2-18(21)19-15-9-11-16(12-10-15)24(22,23)20-13-5-7-14-6-3-4-8-17(14)20/h9-12,14,17H,2-8,13H2,1H3,(H,19,21). The van der Waals surface area contributed by atoms with Crippen LogP contribution in [-0.2, 0) is 14.8 Å². The average Bonchev–Trinajstić information content (AvgIpc) is 2.61. The van der Waals surface area contributed by atoms with E-state index < -0.39 is 10.0 Å². The number of nitrogens with zero attached hydrogens (tertiary/aromatic N) is 1. The molecule has 6 heteroatoms. The molecular formula is C18H26N2O3S. The molecule has 2 aliphatic rings. The van der Waals surface area contributed by atoms with E-state index in [-0.39, 0.29) is 11.9 Å². The smallest absolute Gasteiger partial charge is 0.243 e. The summed E-state index contributed by atoms with van der Waals surface area (Å²) >= 11 is 0. The van der Waals surface area contributed by atoms with Gasteiger partial charge in [0.05, 0.1) is 4.90 Å². The number of hydrogen-bond acceptors (Lipinski definition) is 3. The van der Waals surface area contributed by atoms with Gasteiger partial charge < -0.3 is 5.32 Å². The highest BCUT2D eigenvalue weighted by molar-refractivity contribution is 7.89. The third kappa shape index (κ3) is 3.49. The van der Waals surface area contributed by atoms with Gasteiger partial charge in [-0.25, -0.2) is 8.42 Å². The van der Waals surface area contributed by atoms with Crippen molar-refractivity contribution in [3.63, 3.8) is 0 Å². The topological polar surface area (TPSA) is 66.5 Å². The van der Waals surface area contributed by atoms with Crippen molar-refractivity contribution in [2.75, 3.05) is 11.9 Å². The maximum atomic E-state index is 13.1. The van der Waals surface area contributed by atoms with Crippen LogP contribution in [0.25, 0.3) is 0 Å². The minimum Gasteiger partial charge on any atom is -0.326 e.